The first-order valence-electron chi connectivity index (χ1n) is 9.19. The van der Waals surface area contributed by atoms with Crippen LogP contribution < -0.4 is 10.6 Å². The SMILES string of the molecule is CCCCOCCOCCN=C(NCC)NCCc1ccccc1F. The molecule has 0 unspecified atom stereocenters. The molecule has 1 rings (SSSR count). The molecule has 0 heterocycles. The zero-order chi connectivity index (χ0) is 18.2. The van der Waals surface area contributed by atoms with E-state index in [2.05, 4.69) is 22.5 Å². The third kappa shape index (κ3) is 10.7. The van der Waals surface area contributed by atoms with Crippen LogP contribution in [0.4, 0.5) is 4.39 Å². The Bertz CT molecular complexity index is 483. The predicted octanol–water partition coefficient (Wildman–Crippen LogP) is 2.76. The molecule has 5 nitrogen and oxygen atoms in total. The van der Waals surface area contributed by atoms with Gasteiger partial charge in [-0.1, -0.05) is 31.5 Å². The minimum absolute atomic E-state index is 0.166. The Morgan fingerprint density at radius 1 is 1.04 bits per heavy atom. The van der Waals surface area contributed by atoms with Crippen LogP contribution in [0.3, 0.4) is 0 Å². The number of aliphatic imine (C=N–C) groups is 1. The molecule has 0 fully saturated rings. The smallest absolute Gasteiger partial charge is 0.191 e. The first-order chi connectivity index (χ1) is 12.3. The van der Waals surface area contributed by atoms with Gasteiger partial charge >= 0.3 is 0 Å². The maximum atomic E-state index is 13.6. The molecule has 25 heavy (non-hydrogen) atoms. The highest BCUT2D eigenvalue weighted by Gasteiger charge is 2.01. The molecule has 0 spiro atoms. The van der Waals surface area contributed by atoms with Gasteiger partial charge in [-0.15, -0.1) is 0 Å². The van der Waals surface area contributed by atoms with E-state index < -0.39 is 0 Å². The molecule has 142 valence electrons. The molecule has 0 aromatic heterocycles. The third-order valence-corrected chi connectivity index (χ3v) is 3.51. The van der Waals surface area contributed by atoms with Crippen LogP contribution in [0.25, 0.3) is 0 Å². The van der Waals surface area contributed by atoms with Crippen molar-refractivity contribution in [1.29, 1.82) is 0 Å². The summed E-state index contributed by atoms with van der Waals surface area (Å²) in [4.78, 5) is 4.45. The van der Waals surface area contributed by atoms with Gasteiger partial charge in [-0.25, -0.2) is 4.39 Å². The lowest BCUT2D eigenvalue weighted by atomic mass is 10.1. The number of ether oxygens (including phenoxy) is 2. The molecular formula is C19H32FN3O2. The van der Waals surface area contributed by atoms with E-state index in [0.717, 1.165) is 32.0 Å². The molecule has 0 aliphatic heterocycles. The fourth-order valence-electron chi connectivity index (χ4n) is 2.15. The van der Waals surface area contributed by atoms with E-state index in [4.69, 9.17) is 9.47 Å². The summed E-state index contributed by atoms with van der Waals surface area (Å²) in [5, 5.41) is 6.39. The number of nitrogens with zero attached hydrogens (tertiary/aromatic N) is 1. The second-order valence-electron chi connectivity index (χ2n) is 5.61. The van der Waals surface area contributed by atoms with Crippen LogP contribution in [0, 0.1) is 5.82 Å². The molecule has 0 saturated heterocycles. The van der Waals surface area contributed by atoms with Crippen molar-refractivity contribution >= 4 is 5.96 Å². The number of benzene rings is 1. The summed E-state index contributed by atoms with van der Waals surface area (Å²) in [7, 11) is 0. The monoisotopic (exact) mass is 353 g/mol. The van der Waals surface area contributed by atoms with Crippen molar-refractivity contribution in [2.45, 2.75) is 33.1 Å². The summed E-state index contributed by atoms with van der Waals surface area (Å²) in [5.74, 6) is 0.558. The third-order valence-electron chi connectivity index (χ3n) is 3.51. The fourth-order valence-corrected chi connectivity index (χ4v) is 2.15. The van der Waals surface area contributed by atoms with Crippen LogP contribution in [0.15, 0.2) is 29.3 Å². The molecule has 0 aliphatic carbocycles. The largest absolute Gasteiger partial charge is 0.379 e. The standard InChI is InChI=1S/C19H32FN3O2/c1-3-5-13-24-15-16-25-14-12-23-19(21-4-2)22-11-10-17-8-6-7-9-18(17)20/h6-9H,3-5,10-16H2,1-2H3,(H2,21,22,23). The van der Waals surface area contributed by atoms with Crippen LogP contribution >= 0.6 is 0 Å². The molecule has 0 saturated carbocycles. The normalized spacial score (nSPS) is 11.6. The molecule has 2 N–H and O–H groups in total. The van der Waals surface area contributed by atoms with E-state index in [1.807, 2.05) is 13.0 Å². The van der Waals surface area contributed by atoms with Crippen molar-refractivity contribution in [3.8, 4) is 0 Å². The van der Waals surface area contributed by atoms with Crippen molar-refractivity contribution in [2.75, 3.05) is 46.1 Å². The number of hydrogen-bond acceptors (Lipinski definition) is 3. The van der Waals surface area contributed by atoms with E-state index in [1.165, 1.54) is 6.07 Å². The highest BCUT2D eigenvalue weighted by Crippen LogP contribution is 2.05. The number of rotatable bonds is 13. The number of nitrogens with one attached hydrogen (secondary N) is 2. The van der Waals surface area contributed by atoms with Crippen molar-refractivity contribution in [2.24, 2.45) is 4.99 Å². The summed E-state index contributed by atoms with van der Waals surface area (Å²) in [6, 6.07) is 6.84. The van der Waals surface area contributed by atoms with Gasteiger partial charge in [0.15, 0.2) is 5.96 Å². The lowest BCUT2D eigenvalue weighted by molar-refractivity contribution is 0.0497. The maximum Gasteiger partial charge on any atom is 0.191 e. The van der Waals surface area contributed by atoms with Gasteiger partial charge in [0.1, 0.15) is 5.82 Å². The van der Waals surface area contributed by atoms with Gasteiger partial charge in [-0.3, -0.25) is 4.99 Å². The Balaban J connectivity index is 2.17. The number of unbranched alkanes of at least 4 members (excludes halogenated alkanes) is 1. The average molecular weight is 353 g/mol. The Labute approximate surface area is 151 Å². The van der Waals surface area contributed by atoms with E-state index in [-0.39, 0.29) is 5.82 Å². The van der Waals surface area contributed by atoms with Crippen molar-refractivity contribution in [3.05, 3.63) is 35.6 Å². The van der Waals surface area contributed by atoms with Crippen LogP contribution in [-0.4, -0.2) is 52.0 Å². The zero-order valence-corrected chi connectivity index (χ0v) is 15.5. The second-order valence-corrected chi connectivity index (χ2v) is 5.61. The minimum Gasteiger partial charge on any atom is -0.379 e. The van der Waals surface area contributed by atoms with Gasteiger partial charge < -0.3 is 20.1 Å². The molecule has 1 aromatic carbocycles. The van der Waals surface area contributed by atoms with Crippen molar-refractivity contribution in [1.82, 2.24) is 10.6 Å². The molecular weight excluding hydrogens is 321 g/mol. The van der Waals surface area contributed by atoms with Gasteiger partial charge in [0.05, 0.1) is 26.4 Å². The van der Waals surface area contributed by atoms with Crippen LogP contribution in [0.5, 0.6) is 0 Å². The zero-order valence-electron chi connectivity index (χ0n) is 15.5. The Kier molecular flexibility index (Phi) is 12.5. The average Bonchev–Trinajstić information content (AvgIpc) is 2.62. The lowest BCUT2D eigenvalue weighted by Crippen LogP contribution is -2.38. The quantitative estimate of drug-likeness (QED) is 0.325. The van der Waals surface area contributed by atoms with E-state index >= 15 is 0 Å². The minimum atomic E-state index is -0.166. The maximum absolute atomic E-state index is 13.6. The topological polar surface area (TPSA) is 54.9 Å². The van der Waals surface area contributed by atoms with Gasteiger partial charge in [-0.05, 0) is 31.4 Å². The summed E-state index contributed by atoms with van der Waals surface area (Å²) in [6.45, 7) is 8.71. The van der Waals surface area contributed by atoms with Gasteiger partial charge in [0.2, 0.25) is 0 Å². The van der Waals surface area contributed by atoms with Gasteiger partial charge in [0.25, 0.3) is 0 Å². The first kappa shape index (κ1) is 21.4. The summed E-state index contributed by atoms with van der Waals surface area (Å²) in [6.07, 6.45) is 2.85. The Hall–Kier alpha value is -1.66. The summed E-state index contributed by atoms with van der Waals surface area (Å²) in [5.41, 5.74) is 0.706. The molecule has 0 radical (unpaired) electrons. The second kappa shape index (κ2) is 14.7. The highest BCUT2D eigenvalue weighted by atomic mass is 19.1. The molecule has 0 atom stereocenters. The van der Waals surface area contributed by atoms with Crippen LogP contribution in [0.1, 0.15) is 32.3 Å². The lowest BCUT2D eigenvalue weighted by Gasteiger charge is -2.11. The van der Waals surface area contributed by atoms with Crippen LogP contribution in [-0.2, 0) is 15.9 Å². The molecule has 0 bridgehead atoms. The predicted molar refractivity (Wildman–Crippen MR) is 101 cm³/mol. The van der Waals surface area contributed by atoms with E-state index in [0.29, 0.717) is 44.9 Å². The number of hydrogen-bond donors (Lipinski definition) is 2. The first-order valence-corrected chi connectivity index (χ1v) is 9.19. The Morgan fingerprint density at radius 2 is 1.80 bits per heavy atom. The van der Waals surface area contributed by atoms with E-state index in [9.17, 15) is 4.39 Å². The van der Waals surface area contributed by atoms with E-state index in [1.54, 1.807) is 12.1 Å². The van der Waals surface area contributed by atoms with Crippen molar-refractivity contribution < 1.29 is 13.9 Å². The van der Waals surface area contributed by atoms with Crippen molar-refractivity contribution in [3.63, 3.8) is 0 Å². The number of guanidine groups is 1. The summed E-state index contributed by atoms with van der Waals surface area (Å²) >= 11 is 0. The Morgan fingerprint density at radius 3 is 2.52 bits per heavy atom. The number of halogens is 1. The highest BCUT2D eigenvalue weighted by molar-refractivity contribution is 5.79. The van der Waals surface area contributed by atoms with Gasteiger partial charge in [-0.2, -0.15) is 0 Å². The summed E-state index contributed by atoms with van der Waals surface area (Å²) < 4.78 is 24.5. The molecule has 1 aromatic rings. The van der Waals surface area contributed by atoms with Crippen LogP contribution in [0.2, 0.25) is 0 Å². The van der Waals surface area contributed by atoms with Gasteiger partial charge in [0, 0.05) is 19.7 Å². The molecule has 6 heteroatoms. The molecule has 0 amide bonds. The molecule has 0 aliphatic rings. The fraction of sp³-hybridized carbons (Fsp3) is 0.632.